The van der Waals surface area contributed by atoms with E-state index in [1.165, 1.54) is 6.08 Å². The molecule has 4 heteroatoms. The number of aryl methyl sites for hydroxylation is 1. The molecule has 0 spiro atoms. The normalized spacial score (nSPS) is 9.00. The topological polar surface area (TPSA) is 55.5 Å². The maximum absolute atomic E-state index is 9.76. The summed E-state index contributed by atoms with van der Waals surface area (Å²) in [5.74, 6) is 0.988. The van der Waals surface area contributed by atoms with Crippen LogP contribution in [0.3, 0.4) is 0 Å². The summed E-state index contributed by atoms with van der Waals surface area (Å²) in [5, 5.41) is 3.50. The summed E-state index contributed by atoms with van der Waals surface area (Å²) in [5.41, 5.74) is 0.781. The van der Waals surface area contributed by atoms with Gasteiger partial charge < -0.3 is 4.52 Å². The summed E-state index contributed by atoms with van der Waals surface area (Å²) in [6.07, 6.45) is 1.39. The molecule has 1 aromatic heterocycles. The SMILES string of the molecule is Cc1onc(N=C=O)c1C. The van der Waals surface area contributed by atoms with Crippen LogP contribution < -0.4 is 0 Å². The summed E-state index contributed by atoms with van der Waals surface area (Å²) in [7, 11) is 0. The van der Waals surface area contributed by atoms with Crippen LogP contribution in [0.15, 0.2) is 9.52 Å². The molecule has 0 atom stereocenters. The first-order chi connectivity index (χ1) is 4.75. The Morgan fingerprint density at radius 3 is 2.70 bits per heavy atom. The van der Waals surface area contributed by atoms with Crippen LogP contribution in [0.2, 0.25) is 0 Å². The van der Waals surface area contributed by atoms with Gasteiger partial charge in [-0.15, -0.1) is 4.99 Å². The predicted octanol–water partition coefficient (Wildman–Crippen LogP) is 1.26. The standard InChI is InChI=1S/C6H6N2O2/c1-4-5(2)10-8-6(4)7-3-9/h1-2H3. The van der Waals surface area contributed by atoms with Crippen molar-refractivity contribution in [1.82, 2.24) is 5.16 Å². The van der Waals surface area contributed by atoms with Crippen molar-refractivity contribution in [2.75, 3.05) is 0 Å². The van der Waals surface area contributed by atoms with Crippen LogP contribution in [-0.2, 0) is 4.79 Å². The maximum Gasteiger partial charge on any atom is 0.242 e. The summed E-state index contributed by atoms with van der Waals surface area (Å²) in [6, 6.07) is 0. The number of nitrogens with zero attached hydrogens (tertiary/aromatic N) is 2. The number of hydrogen-bond acceptors (Lipinski definition) is 4. The number of rotatable bonds is 1. The zero-order chi connectivity index (χ0) is 7.56. The van der Waals surface area contributed by atoms with E-state index >= 15 is 0 Å². The number of hydrogen-bond donors (Lipinski definition) is 0. The molecule has 0 aromatic carbocycles. The Labute approximate surface area is 57.5 Å². The molecule has 0 unspecified atom stereocenters. The van der Waals surface area contributed by atoms with E-state index in [0.29, 0.717) is 11.6 Å². The Morgan fingerprint density at radius 2 is 2.30 bits per heavy atom. The molecular weight excluding hydrogens is 132 g/mol. The lowest BCUT2D eigenvalue weighted by atomic mass is 10.3. The second kappa shape index (κ2) is 2.45. The van der Waals surface area contributed by atoms with Gasteiger partial charge in [0.25, 0.3) is 0 Å². The van der Waals surface area contributed by atoms with Gasteiger partial charge in [0.05, 0.1) is 0 Å². The highest BCUT2D eigenvalue weighted by atomic mass is 16.5. The fraction of sp³-hybridized carbons (Fsp3) is 0.333. The van der Waals surface area contributed by atoms with Crippen molar-refractivity contribution in [3.05, 3.63) is 11.3 Å². The molecule has 0 aliphatic rings. The molecule has 0 radical (unpaired) electrons. The highest BCUT2D eigenvalue weighted by Gasteiger charge is 2.04. The van der Waals surface area contributed by atoms with E-state index in [4.69, 9.17) is 4.52 Å². The van der Waals surface area contributed by atoms with Crippen LogP contribution in [0.1, 0.15) is 11.3 Å². The fourth-order valence-corrected chi connectivity index (χ4v) is 0.554. The van der Waals surface area contributed by atoms with E-state index in [1.807, 2.05) is 0 Å². The molecule has 1 aromatic rings. The van der Waals surface area contributed by atoms with Gasteiger partial charge >= 0.3 is 0 Å². The quantitative estimate of drug-likeness (QED) is 0.433. The molecule has 1 heterocycles. The lowest BCUT2D eigenvalue weighted by Gasteiger charge is -1.80. The van der Waals surface area contributed by atoms with Crippen molar-refractivity contribution in [3.8, 4) is 0 Å². The summed E-state index contributed by atoms with van der Waals surface area (Å²) in [6.45, 7) is 3.54. The van der Waals surface area contributed by atoms with Gasteiger partial charge in [-0.05, 0) is 13.8 Å². The lowest BCUT2D eigenvalue weighted by molar-refractivity contribution is 0.398. The molecule has 0 fully saturated rings. The molecule has 52 valence electrons. The van der Waals surface area contributed by atoms with E-state index in [9.17, 15) is 4.79 Å². The van der Waals surface area contributed by atoms with Gasteiger partial charge in [-0.25, -0.2) is 4.79 Å². The Bertz CT molecular complexity index is 284. The first kappa shape index (κ1) is 6.71. The first-order valence-electron chi connectivity index (χ1n) is 2.76. The highest BCUT2D eigenvalue weighted by molar-refractivity contribution is 5.48. The molecule has 0 saturated heterocycles. The van der Waals surface area contributed by atoms with Crippen LogP contribution in [-0.4, -0.2) is 11.2 Å². The molecule has 10 heavy (non-hydrogen) atoms. The summed E-state index contributed by atoms with van der Waals surface area (Å²) >= 11 is 0. The Morgan fingerprint density at radius 1 is 1.60 bits per heavy atom. The second-order valence-corrected chi connectivity index (χ2v) is 1.89. The van der Waals surface area contributed by atoms with E-state index in [-0.39, 0.29) is 0 Å². The lowest BCUT2D eigenvalue weighted by Crippen LogP contribution is -1.68. The van der Waals surface area contributed by atoms with Gasteiger partial charge in [0.15, 0.2) is 0 Å². The molecule has 1 rings (SSSR count). The van der Waals surface area contributed by atoms with Crippen molar-refractivity contribution < 1.29 is 9.32 Å². The molecule has 4 nitrogen and oxygen atoms in total. The second-order valence-electron chi connectivity index (χ2n) is 1.89. The monoisotopic (exact) mass is 138 g/mol. The molecule has 0 N–H and O–H groups in total. The van der Waals surface area contributed by atoms with Gasteiger partial charge in [-0.2, -0.15) is 0 Å². The highest BCUT2D eigenvalue weighted by Crippen LogP contribution is 2.18. The third-order valence-electron chi connectivity index (χ3n) is 1.28. The minimum absolute atomic E-state index is 0.313. The molecule has 0 bridgehead atoms. The van der Waals surface area contributed by atoms with Crippen molar-refractivity contribution in [2.24, 2.45) is 4.99 Å². The van der Waals surface area contributed by atoms with E-state index < -0.39 is 0 Å². The minimum Gasteiger partial charge on any atom is -0.359 e. The Balaban J connectivity index is 3.17. The van der Waals surface area contributed by atoms with Gasteiger partial charge in [0.2, 0.25) is 11.9 Å². The van der Waals surface area contributed by atoms with Crippen LogP contribution in [0, 0.1) is 13.8 Å². The first-order valence-corrected chi connectivity index (χ1v) is 2.76. The van der Waals surface area contributed by atoms with Gasteiger partial charge in [0, 0.05) is 5.56 Å². The van der Waals surface area contributed by atoms with Gasteiger partial charge in [-0.1, -0.05) is 5.16 Å². The van der Waals surface area contributed by atoms with Crippen molar-refractivity contribution >= 4 is 11.9 Å². The van der Waals surface area contributed by atoms with E-state index in [2.05, 4.69) is 10.1 Å². The summed E-state index contributed by atoms with van der Waals surface area (Å²) < 4.78 is 4.73. The van der Waals surface area contributed by atoms with Gasteiger partial charge in [-0.3, -0.25) is 0 Å². The third-order valence-corrected chi connectivity index (χ3v) is 1.28. The number of isocyanates is 1. The Hall–Kier alpha value is -1.41. The third kappa shape index (κ3) is 0.967. The Kier molecular flexibility index (Phi) is 1.65. The maximum atomic E-state index is 9.76. The minimum atomic E-state index is 0.313. The number of carbonyl (C=O) groups excluding carboxylic acids is 1. The van der Waals surface area contributed by atoms with Crippen LogP contribution in [0.5, 0.6) is 0 Å². The zero-order valence-electron chi connectivity index (χ0n) is 5.71. The van der Waals surface area contributed by atoms with Crippen molar-refractivity contribution in [1.29, 1.82) is 0 Å². The van der Waals surface area contributed by atoms with E-state index in [0.717, 1.165) is 5.56 Å². The largest absolute Gasteiger partial charge is 0.359 e. The van der Waals surface area contributed by atoms with Crippen molar-refractivity contribution in [3.63, 3.8) is 0 Å². The molecular formula is C6H6N2O2. The van der Waals surface area contributed by atoms with Crippen LogP contribution in [0.4, 0.5) is 5.82 Å². The number of aliphatic imine (C=N–C) groups is 1. The molecule has 0 aliphatic heterocycles. The molecule has 0 aliphatic carbocycles. The average Bonchev–Trinajstić information content (AvgIpc) is 2.20. The summed E-state index contributed by atoms with van der Waals surface area (Å²) in [4.78, 5) is 13.1. The van der Waals surface area contributed by atoms with Crippen molar-refractivity contribution in [2.45, 2.75) is 13.8 Å². The smallest absolute Gasteiger partial charge is 0.242 e. The number of aromatic nitrogens is 1. The fourth-order valence-electron chi connectivity index (χ4n) is 0.554. The average molecular weight is 138 g/mol. The van der Waals surface area contributed by atoms with Crippen LogP contribution in [0.25, 0.3) is 0 Å². The van der Waals surface area contributed by atoms with E-state index in [1.54, 1.807) is 13.8 Å². The predicted molar refractivity (Wildman–Crippen MR) is 33.8 cm³/mol. The molecule has 0 amide bonds. The van der Waals surface area contributed by atoms with Gasteiger partial charge in [0.1, 0.15) is 5.76 Å². The van der Waals surface area contributed by atoms with Crippen LogP contribution >= 0.6 is 0 Å². The zero-order valence-corrected chi connectivity index (χ0v) is 5.71. The molecule has 0 saturated carbocycles.